The van der Waals surface area contributed by atoms with Crippen molar-refractivity contribution in [3.05, 3.63) is 72.3 Å². The van der Waals surface area contributed by atoms with E-state index in [2.05, 4.69) is 10.0 Å². The van der Waals surface area contributed by atoms with Gasteiger partial charge in [-0.2, -0.15) is 0 Å². The van der Waals surface area contributed by atoms with Crippen LogP contribution in [0.25, 0.3) is 0 Å². The van der Waals surface area contributed by atoms with E-state index in [4.69, 9.17) is 9.47 Å². The number of hydrogen-bond donors (Lipinski definition) is 2. The summed E-state index contributed by atoms with van der Waals surface area (Å²) in [5.74, 6) is 0.990. The van der Waals surface area contributed by atoms with Crippen LogP contribution in [0.3, 0.4) is 0 Å². The minimum absolute atomic E-state index is 0.124. The predicted octanol–water partition coefficient (Wildman–Crippen LogP) is 4.31. The van der Waals surface area contributed by atoms with Gasteiger partial charge in [-0.25, -0.2) is 8.42 Å². The number of rotatable bonds is 5. The van der Waals surface area contributed by atoms with Crippen molar-refractivity contribution in [3.63, 3.8) is 0 Å². The van der Waals surface area contributed by atoms with E-state index < -0.39 is 10.0 Å². The number of ether oxygens (including phenoxy) is 2. The number of hydrogen-bond acceptors (Lipinski definition) is 5. The summed E-state index contributed by atoms with van der Waals surface area (Å²) < 4.78 is 38.9. The van der Waals surface area contributed by atoms with Crippen LogP contribution < -0.4 is 19.5 Å². The number of anilines is 3. The van der Waals surface area contributed by atoms with Gasteiger partial charge in [-0.3, -0.25) is 4.72 Å². The average Bonchev–Trinajstić information content (AvgIpc) is 2.70. The monoisotopic (exact) mass is 396 g/mol. The third kappa shape index (κ3) is 3.89. The number of sulfonamides is 1. The Morgan fingerprint density at radius 2 is 1.50 bits per heavy atom. The van der Waals surface area contributed by atoms with Gasteiger partial charge in [-0.1, -0.05) is 18.2 Å². The molecule has 0 amide bonds. The first kappa shape index (κ1) is 18.2. The Hall–Kier alpha value is -3.19. The van der Waals surface area contributed by atoms with Crippen molar-refractivity contribution in [2.24, 2.45) is 0 Å². The molecule has 1 aliphatic rings. The lowest BCUT2D eigenvalue weighted by atomic mass is 10.2. The highest BCUT2D eigenvalue weighted by Gasteiger charge is 2.19. The van der Waals surface area contributed by atoms with Gasteiger partial charge in [-0.15, -0.1) is 0 Å². The summed E-state index contributed by atoms with van der Waals surface area (Å²) in [6, 6.07) is 19.6. The first-order valence-electron chi connectivity index (χ1n) is 8.86. The van der Waals surface area contributed by atoms with Gasteiger partial charge in [0.25, 0.3) is 10.0 Å². The van der Waals surface area contributed by atoms with Crippen molar-refractivity contribution in [1.82, 2.24) is 0 Å². The summed E-state index contributed by atoms with van der Waals surface area (Å²) in [5, 5.41) is 3.32. The molecular formula is C21H20N2O4S. The van der Waals surface area contributed by atoms with Crippen molar-refractivity contribution in [3.8, 4) is 11.5 Å². The Morgan fingerprint density at radius 1 is 0.821 bits per heavy atom. The largest absolute Gasteiger partial charge is 0.486 e. The second kappa shape index (κ2) is 7.44. The first-order chi connectivity index (χ1) is 13.5. The highest BCUT2D eigenvalue weighted by molar-refractivity contribution is 7.92. The molecular weight excluding hydrogens is 376 g/mol. The van der Waals surface area contributed by atoms with E-state index >= 15 is 0 Å². The third-order valence-corrected chi connectivity index (χ3v) is 5.76. The summed E-state index contributed by atoms with van der Waals surface area (Å²) in [5.41, 5.74) is 3.49. The highest BCUT2D eigenvalue weighted by atomic mass is 32.2. The molecule has 6 nitrogen and oxygen atoms in total. The number of fused-ring (bicyclic) bond motifs is 1. The molecule has 3 aromatic rings. The molecule has 28 heavy (non-hydrogen) atoms. The van der Waals surface area contributed by atoms with Crippen LogP contribution in [0, 0.1) is 6.92 Å². The van der Waals surface area contributed by atoms with Crippen LogP contribution >= 0.6 is 0 Å². The van der Waals surface area contributed by atoms with Crippen molar-refractivity contribution >= 4 is 27.1 Å². The standard InChI is InChI=1S/C21H20N2O4S/c1-15-4-2-3-5-19(15)22-16-6-8-17(9-7-16)23-28(24,25)18-10-11-20-21(14-18)27-13-12-26-20/h2-11,14,22-23H,12-13H2,1H3. The fraction of sp³-hybridized carbons (Fsp3) is 0.143. The minimum Gasteiger partial charge on any atom is -0.486 e. The zero-order valence-corrected chi connectivity index (χ0v) is 16.1. The molecule has 144 valence electrons. The molecule has 4 rings (SSSR count). The van der Waals surface area contributed by atoms with Gasteiger partial charge in [0.2, 0.25) is 0 Å². The fourth-order valence-electron chi connectivity index (χ4n) is 2.90. The van der Waals surface area contributed by atoms with E-state index in [9.17, 15) is 8.42 Å². The lowest BCUT2D eigenvalue weighted by Crippen LogP contribution is -2.17. The maximum Gasteiger partial charge on any atom is 0.262 e. The molecule has 0 saturated carbocycles. The number of benzene rings is 3. The Morgan fingerprint density at radius 3 is 2.25 bits per heavy atom. The van der Waals surface area contributed by atoms with Crippen LogP contribution in [0.1, 0.15) is 5.56 Å². The van der Waals surface area contributed by atoms with Crippen LogP contribution in [0.5, 0.6) is 11.5 Å². The van der Waals surface area contributed by atoms with Gasteiger partial charge >= 0.3 is 0 Å². The Labute approximate surface area is 164 Å². The highest BCUT2D eigenvalue weighted by Crippen LogP contribution is 2.33. The average molecular weight is 396 g/mol. The van der Waals surface area contributed by atoms with Crippen molar-refractivity contribution < 1.29 is 17.9 Å². The second-order valence-electron chi connectivity index (χ2n) is 6.43. The molecule has 0 fully saturated rings. The van der Waals surface area contributed by atoms with E-state index in [1.165, 1.54) is 12.1 Å². The Bertz CT molecular complexity index is 1100. The van der Waals surface area contributed by atoms with Crippen molar-refractivity contribution in [2.45, 2.75) is 11.8 Å². The molecule has 0 aliphatic carbocycles. The molecule has 0 bridgehead atoms. The zero-order valence-electron chi connectivity index (χ0n) is 15.3. The maximum atomic E-state index is 12.7. The lowest BCUT2D eigenvalue weighted by molar-refractivity contribution is 0.171. The zero-order chi connectivity index (χ0) is 19.6. The normalized spacial score (nSPS) is 13.0. The van der Waals surface area contributed by atoms with E-state index in [0.29, 0.717) is 30.4 Å². The lowest BCUT2D eigenvalue weighted by Gasteiger charge is -2.19. The number of nitrogens with one attached hydrogen (secondary N) is 2. The SMILES string of the molecule is Cc1ccccc1Nc1ccc(NS(=O)(=O)c2ccc3c(c2)OCCO3)cc1. The topological polar surface area (TPSA) is 76.7 Å². The molecule has 1 aliphatic heterocycles. The molecule has 0 saturated heterocycles. The fourth-order valence-corrected chi connectivity index (χ4v) is 3.97. The van der Waals surface area contributed by atoms with Gasteiger partial charge in [0.1, 0.15) is 13.2 Å². The minimum atomic E-state index is -3.73. The molecule has 7 heteroatoms. The summed E-state index contributed by atoms with van der Waals surface area (Å²) in [6.45, 7) is 2.89. The van der Waals surface area contributed by atoms with Gasteiger partial charge in [0.15, 0.2) is 11.5 Å². The van der Waals surface area contributed by atoms with Gasteiger partial charge in [-0.05, 0) is 55.0 Å². The predicted molar refractivity (Wildman–Crippen MR) is 109 cm³/mol. The van der Waals surface area contributed by atoms with Gasteiger partial charge < -0.3 is 14.8 Å². The Kier molecular flexibility index (Phi) is 4.83. The van der Waals surface area contributed by atoms with Crippen LogP contribution in [0.2, 0.25) is 0 Å². The van der Waals surface area contributed by atoms with Crippen LogP contribution in [0.4, 0.5) is 17.1 Å². The van der Waals surface area contributed by atoms with Gasteiger partial charge in [0.05, 0.1) is 4.90 Å². The maximum absolute atomic E-state index is 12.7. The quantitative estimate of drug-likeness (QED) is 0.672. The Balaban J connectivity index is 1.50. The molecule has 0 aromatic heterocycles. The molecule has 0 spiro atoms. The first-order valence-corrected chi connectivity index (χ1v) is 10.3. The molecule has 0 radical (unpaired) electrons. The number of para-hydroxylation sites is 1. The second-order valence-corrected chi connectivity index (χ2v) is 8.11. The summed E-state index contributed by atoms with van der Waals surface area (Å²) in [6.07, 6.45) is 0. The summed E-state index contributed by atoms with van der Waals surface area (Å²) in [4.78, 5) is 0.124. The van der Waals surface area contributed by atoms with Crippen LogP contribution in [-0.4, -0.2) is 21.6 Å². The van der Waals surface area contributed by atoms with Crippen molar-refractivity contribution in [2.75, 3.05) is 23.3 Å². The summed E-state index contributed by atoms with van der Waals surface area (Å²) in [7, 11) is -3.73. The molecule has 0 unspecified atom stereocenters. The van der Waals surface area contributed by atoms with E-state index in [0.717, 1.165) is 16.9 Å². The van der Waals surface area contributed by atoms with Crippen molar-refractivity contribution in [1.29, 1.82) is 0 Å². The molecule has 0 atom stereocenters. The number of aryl methyl sites for hydroxylation is 1. The smallest absolute Gasteiger partial charge is 0.262 e. The van der Waals surface area contributed by atoms with Crippen LogP contribution in [-0.2, 0) is 10.0 Å². The van der Waals surface area contributed by atoms with Crippen LogP contribution in [0.15, 0.2) is 71.6 Å². The van der Waals surface area contributed by atoms with E-state index in [-0.39, 0.29) is 4.90 Å². The molecule has 3 aromatic carbocycles. The summed E-state index contributed by atoms with van der Waals surface area (Å²) >= 11 is 0. The third-order valence-electron chi connectivity index (χ3n) is 4.39. The van der Waals surface area contributed by atoms with Gasteiger partial charge in [0, 0.05) is 23.1 Å². The van der Waals surface area contributed by atoms with E-state index in [1.54, 1.807) is 18.2 Å². The molecule has 1 heterocycles. The van der Waals surface area contributed by atoms with E-state index in [1.807, 2.05) is 43.3 Å². The molecule has 2 N–H and O–H groups in total.